The van der Waals surface area contributed by atoms with Crippen molar-refractivity contribution in [3.63, 3.8) is 0 Å². The summed E-state index contributed by atoms with van der Waals surface area (Å²) in [4.78, 5) is 2.38. The Morgan fingerprint density at radius 1 is 0.917 bits per heavy atom. The summed E-state index contributed by atoms with van der Waals surface area (Å²) in [5.74, 6) is 0. The van der Waals surface area contributed by atoms with Crippen LogP contribution in [0.3, 0.4) is 0 Å². The Morgan fingerprint density at radius 3 is 1.08 bits per heavy atom. The van der Waals surface area contributed by atoms with Crippen LogP contribution in [0.1, 0.15) is 20.8 Å². The van der Waals surface area contributed by atoms with Gasteiger partial charge in [0, 0.05) is 12.5 Å². The summed E-state index contributed by atoms with van der Waals surface area (Å²) in [6, 6.07) is 0. The molecule has 0 aromatic rings. The first-order valence-corrected chi connectivity index (χ1v) is 6.52. The molecule has 0 aliphatic heterocycles. The normalized spacial score (nSPS) is 10.8. The molecule has 0 rings (SSSR count). The monoisotopic (exact) mass is 195 g/mol. The highest BCUT2D eigenvalue weighted by Gasteiger charge is 1.89. The largest absolute Gasteiger partial charge is 0.304 e. The van der Waals surface area contributed by atoms with Crippen LogP contribution in [0, 0.1) is 0 Å². The van der Waals surface area contributed by atoms with Crippen LogP contribution in [0.2, 0.25) is 0 Å². The number of hydrogen-bond donors (Lipinski definition) is 0. The summed E-state index contributed by atoms with van der Waals surface area (Å²) in [5.41, 5.74) is 0. The molecule has 0 aromatic heterocycles. The number of nitrogens with zero attached hydrogens (tertiary/aromatic N) is 1. The minimum Gasteiger partial charge on any atom is -0.304 e. The van der Waals surface area contributed by atoms with E-state index in [2.05, 4.69) is 25.7 Å². The van der Waals surface area contributed by atoms with Crippen LogP contribution in [-0.2, 0) is 9.84 Å². The summed E-state index contributed by atoms with van der Waals surface area (Å²) < 4.78 is 19.3. The standard InChI is InChI=1S/C6H15N.C2H6O2S/c1-4-7(5-2)6-3;1-5(2,3)4/h4-6H2,1-3H3;1-2H3. The molecule has 0 atom stereocenters. The fraction of sp³-hybridized carbons (Fsp3) is 1.00. The molecule has 0 aliphatic carbocycles. The van der Waals surface area contributed by atoms with E-state index in [4.69, 9.17) is 0 Å². The molecule has 0 heterocycles. The molecule has 0 aromatic carbocycles. The van der Waals surface area contributed by atoms with Gasteiger partial charge in [0.2, 0.25) is 0 Å². The third kappa shape index (κ3) is 22.5. The van der Waals surface area contributed by atoms with Crippen LogP contribution in [0.25, 0.3) is 0 Å². The summed E-state index contributed by atoms with van der Waals surface area (Å²) in [7, 11) is -2.67. The summed E-state index contributed by atoms with van der Waals surface area (Å²) >= 11 is 0. The van der Waals surface area contributed by atoms with Crippen molar-refractivity contribution in [3.8, 4) is 0 Å². The summed E-state index contributed by atoms with van der Waals surface area (Å²) in [6.07, 6.45) is 2.32. The molecule has 0 amide bonds. The SMILES string of the molecule is CCN(CC)CC.CS(C)(=O)=O. The van der Waals surface area contributed by atoms with Gasteiger partial charge in [0.15, 0.2) is 0 Å². The van der Waals surface area contributed by atoms with Gasteiger partial charge in [0.1, 0.15) is 9.84 Å². The third-order valence-corrected chi connectivity index (χ3v) is 1.34. The first kappa shape index (κ1) is 14.4. The maximum atomic E-state index is 9.63. The molecule has 4 heteroatoms. The van der Waals surface area contributed by atoms with Crippen molar-refractivity contribution in [1.82, 2.24) is 4.90 Å². The van der Waals surface area contributed by atoms with Gasteiger partial charge in [-0.15, -0.1) is 0 Å². The van der Waals surface area contributed by atoms with Crippen molar-refractivity contribution in [2.24, 2.45) is 0 Å². The van der Waals surface area contributed by atoms with Crippen molar-refractivity contribution in [2.75, 3.05) is 32.1 Å². The first-order chi connectivity index (χ1) is 5.35. The van der Waals surface area contributed by atoms with E-state index in [0.717, 1.165) is 12.5 Å². The molecule has 76 valence electrons. The average Bonchev–Trinajstić information content (AvgIpc) is 1.88. The molecule has 0 N–H and O–H groups in total. The number of sulfone groups is 1. The van der Waals surface area contributed by atoms with Gasteiger partial charge in [-0.25, -0.2) is 8.42 Å². The molecular formula is C8H21NO2S. The van der Waals surface area contributed by atoms with Crippen LogP contribution in [0.15, 0.2) is 0 Å². The van der Waals surface area contributed by atoms with E-state index in [1.165, 1.54) is 19.6 Å². The topological polar surface area (TPSA) is 37.4 Å². The Bertz CT molecular complexity index is 158. The zero-order chi connectivity index (χ0) is 10.2. The van der Waals surface area contributed by atoms with Crippen molar-refractivity contribution in [1.29, 1.82) is 0 Å². The third-order valence-electron chi connectivity index (χ3n) is 1.34. The second-order valence-electron chi connectivity index (χ2n) is 2.76. The molecule has 0 radical (unpaired) electrons. The smallest absolute Gasteiger partial charge is 0.144 e. The Labute approximate surface area is 76.7 Å². The quantitative estimate of drug-likeness (QED) is 0.674. The highest BCUT2D eigenvalue weighted by atomic mass is 32.2. The van der Waals surface area contributed by atoms with Gasteiger partial charge in [0.25, 0.3) is 0 Å². The van der Waals surface area contributed by atoms with Gasteiger partial charge >= 0.3 is 0 Å². The summed E-state index contributed by atoms with van der Waals surface area (Å²) in [5, 5.41) is 0. The fourth-order valence-corrected chi connectivity index (χ4v) is 0.671. The molecule has 0 saturated carbocycles. The second kappa shape index (κ2) is 7.55. The van der Waals surface area contributed by atoms with E-state index in [-0.39, 0.29) is 0 Å². The van der Waals surface area contributed by atoms with Crippen LogP contribution >= 0.6 is 0 Å². The molecule has 3 nitrogen and oxygen atoms in total. The van der Waals surface area contributed by atoms with Gasteiger partial charge < -0.3 is 4.90 Å². The number of hydrogen-bond acceptors (Lipinski definition) is 3. The van der Waals surface area contributed by atoms with Gasteiger partial charge in [0.05, 0.1) is 0 Å². The number of rotatable bonds is 3. The van der Waals surface area contributed by atoms with Crippen molar-refractivity contribution >= 4 is 9.84 Å². The Hall–Kier alpha value is -0.0900. The van der Waals surface area contributed by atoms with E-state index in [1.54, 1.807) is 0 Å². The minimum absolute atomic E-state index is 1.16. The van der Waals surface area contributed by atoms with Crippen molar-refractivity contribution in [3.05, 3.63) is 0 Å². The van der Waals surface area contributed by atoms with Crippen LogP contribution < -0.4 is 0 Å². The van der Waals surface area contributed by atoms with E-state index < -0.39 is 9.84 Å². The molecule has 12 heavy (non-hydrogen) atoms. The van der Waals surface area contributed by atoms with Gasteiger partial charge in [-0.05, 0) is 19.6 Å². The molecule has 0 aliphatic rings. The van der Waals surface area contributed by atoms with Gasteiger partial charge in [-0.2, -0.15) is 0 Å². The molecular weight excluding hydrogens is 174 g/mol. The first-order valence-electron chi connectivity index (χ1n) is 4.22. The lowest BCUT2D eigenvalue weighted by Gasteiger charge is -2.13. The molecule has 0 saturated heterocycles. The van der Waals surface area contributed by atoms with Crippen molar-refractivity contribution in [2.45, 2.75) is 20.8 Å². The zero-order valence-corrected chi connectivity index (χ0v) is 9.61. The Morgan fingerprint density at radius 2 is 1.08 bits per heavy atom. The minimum atomic E-state index is -2.67. The highest BCUT2D eigenvalue weighted by molar-refractivity contribution is 7.89. The van der Waals surface area contributed by atoms with Crippen LogP contribution in [0.4, 0.5) is 0 Å². The van der Waals surface area contributed by atoms with E-state index in [1.807, 2.05) is 0 Å². The molecule has 0 spiro atoms. The predicted molar refractivity (Wildman–Crippen MR) is 54.2 cm³/mol. The maximum Gasteiger partial charge on any atom is 0.144 e. The highest BCUT2D eigenvalue weighted by Crippen LogP contribution is 1.81. The lowest BCUT2D eigenvalue weighted by atomic mass is 10.5. The van der Waals surface area contributed by atoms with E-state index in [0.29, 0.717) is 0 Å². The van der Waals surface area contributed by atoms with Crippen molar-refractivity contribution < 1.29 is 8.42 Å². The van der Waals surface area contributed by atoms with Gasteiger partial charge in [-0.1, -0.05) is 20.8 Å². The van der Waals surface area contributed by atoms with Crippen LogP contribution in [-0.4, -0.2) is 45.5 Å². The predicted octanol–water partition coefficient (Wildman–Crippen LogP) is 1.01. The Balaban J connectivity index is 0. The average molecular weight is 195 g/mol. The van der Waals surface area contributed by atoms with Crippen LogP contribution in [0.5, 0.6) is 0 Å². The maximum absolute atomic E-state index is 9.63. The van der Waals surface area contributed by atoms with E-state index >= 15 is 0 Å². The fourth-order valence-electron chi connectivity index (χ4n) is 0.671. The molecule has 0 fully saturated rings. The van der Waals surface area contributed by atoms with E-state index in [9.17, 15) is 8.42 Å². The van der Waals surface area contributed by atoms with Gasteiger partial charge in [-0.3, -0.25) is 0 Å². The Kier molecular flexibility index (Phi) is 9.09. The second-order valence-corrected chi connectivity index (χ2v) is 5.05. The summed E-state index contributed by atoms with van der Waals surface area (Å²) in [6.45, 7) is 10.1. The lowest BCUT2D eigenvalue weighted by molar-refractivity contribution is 0.321. The zero-order valence-electron chi connectivity index (χ0n) is 8.79. The lowest BCUT2D eigenvalue weighted by Crippen LogP contribution is -2.21. The molecule has 0 bridgehead atoms. The molecule has 0 unspecified atom stereocenters.